The van der Waals surface area contributed by atoms with Crippen molar-refractivity contribution in [3.05, 3.63) is 49.5 Å². The zero-order valence-electron chi connectivity index (χ0n) is 11.4. The van der Waals surface area contributed by atoms with Gasteiger partial charge < -0.3 is 5.32 Å². The van der Waals surface area contributed by atoms with E-state index in [0.29, 0.717) is 5.56 Å². The Balaban J connectivity index is 1.84. The van der Waals surface area contributed by atoms with Crippen LogP contribution in [0.3, 0.4) is 0 Å². The van der Waals surface area contributed by atoms with Crippen LogP contribution < -0.4 is 5.32 Å². The molecule has 114 valence electrons. The maximum atomic E-state index is 12.6. The van der Waals surface area contributed by atoms with Gasteiger partial charge in [0.15, 0.2) is 0 Å². The van der Waals surface area contributed by atoms with Gasteiger partial charge in [-0.1, -0.05) is 11.3 Å². The maximum absolute atomic E-state index is 12.6. The highest BCUT2D eigenvalue weighted by Crippen LogP contribution is 2.32. The normalized spacial score (nSPS) is 21.2. The molecule has 7 nitrogen and oxygen atoms in total. The number of rotatable bonds is 4. The molecule has 22 heavy (non-hydrogen) atoms. The lowest BCUT2D eigenvalue weighted by Crippen LogP contribution is -2.40. The zero-order chi connectivity index (χ0) is 15.9. The lowest BCUT2D eigenvalue weighted by molar-refractivity contribution is -0.380. The number of imide groups is 1. The molecule has 1 saturated heterocycles. The number of nitrogens with zero attached hydrogens (tertiary/aromatic N) is 2. The van der Waals surface area contributed by atoms with Gasteiger partial charge in [0.25, 0.3) is 5.91 Å². The van der Waals surface area contributed by atoms with Crippen molar-refractivity contribution in [2.45, 2.75) is 19.0 Å². The van der Waals surface area contributed by atoms with Crippen molar-refractivity contribution in [3.8, 4) is 0 Å². The second kappa shape index (κ2) is 5.18. The number of thiophene rings is 2. The molecule has 3 amide bonds. The van der Waals surface area contributed by atoms with Gasteiger partial charge in [-0.25, -0.2) is 4.79 Å². The molecule has 1 fully saturated rings. The first kappa shape index (κ1) is 14.7. The average Bonchev–Trinajstić information content (AvgIpc) is 3.17. The van der Waals surface area contributed by atoms with Crippen molar-refractivity contribution in [1.29, 1.82) is 0 Å². The van der Waals surface area contributed by atoms with E-state index in [-0.39, 0.29) is 17.5 Å². The number of urea groups is 1. The largest absolute Gasteiger partial charge is 0.325 e. The minimum atomic E-state index is -1.08. The number of carbonyl (C=O) groups excluding carboxylic acids is 2. The summed E-state index contributed by atoms with van der Waals surface area (Å²) in [5.74, 6) is -0.357. The summed E-state index contributed by atoms with van der Waals surface area (Å²) >= 11 is 2.42. The molecular weight excluding hydrogens is 326 g/mol. The molecule has 0 saturated carbocycles. The van der Waals surface area contributed by atoms with Crippen LogP contribution in [0.5, 0.6) is 0 Å². The third kappa shape index (κ3) is 2.28. The first-order valence-corrected chi connectivity index (χ1v) is 8.12. The van der Waals surface area contributed by atoms with Gasteiger partial charge in [-0.3, -0.25) is 19.8 Å². The van der Waals surface area contributed by atoms with Crippen molar-refractivity contribution >= 4 is 39.6 Å². The SMILES string of the molecule is CC1(c2ccsc2)NC(=O)N(Cc2csc([N+](=O)[O-])c2)C1=O. The molecule has 3 rings (SSSR count). The quantitative estimate of drug-likeness (QED) is 0.527. The Morgan fingerprint density at radius 1 is 1.41 bits per heavy atom. The molecule has 1 aliphatic heterocycles. The average molecular weight is 337 g/mol. The number of nitro groups is 1. The Kier molecular flexibility index (Phi) is 3.45. The lowest BCUT2D eigenvalue weighted by atomic mass is 9.95. The van der Waals surface area contributed by atoms with Crippen molar-refractivity contribution in [1.82, 2.24) is 10.2 Å². The van der Waals surface area contributed by atoms with Gasteiger partial charge in [0.05, 0.1) is 11.5 Å². The topological polar surface area (TPSA) is 92.6 Å². The summed E-state index contributed by atoms with van der Waals surface area (Å²) in [5, 5.41) is 18.6. The second-order valence-corrected chi connectivity index (χ2v) is 6.68. The van der Waals surface area contributed by atoms with Gasteiger partial charge in [-0.15, -0.1) is 0 Å². The van der Waals surface area contributed by atoms with E-state index in [9.17, 15) is 19.7 Å². The van der Waals surface area contributed by atoms with Crippen molar-refractivity contribution in [2.75, 3.05) is 0 Å². The summed E-state index contributed by atoms with van der Waals surface area (Å²) < 4.78 is 0. The predicted octanol–water partition coefficient (Wildman–Crippen LogP) is 2.69. The molecule has 1 N–H and O–H groups in total. The molecule has 1 aliphatic rings. The highest BCUT2D eigenvalue weighted by Gasteiger charge is 2.49. The van der Waals surface area contributed by atoms with Gasteiger partial charge in [0.1, 0.15) is 5.54 Å². The summed E-state index contributed by atoms with van der Waals surface area (Å²) in [6.45, 7) is 1.68. The lowest BCUT2D eigenvalue weighted by Gasteiger charge is -2.20. The van der Waals surface area contributed by atoms with Gasteiger partial charge in [0, 0.05) is 11.4 Å². The van der Waals surface area contributed by atoms with Gasteiger partial charge in [-0.05, 0) is 34.9 Å². The van der Waals surface area contributed by atoms with E-state index in [1.165, 1.54) is 17.4 Å². The Bertz CT molecular complexity index is 755. The molecule has 2 aromatic rings. The van der Waals surface area contributed by atoms with Crippen molar-refractivity contribution in [2.24, 2.45) is 0 Å². The molecule has 1 atom stereocenters. The first-order chi connectivity index (χ1) is 10.4. The van der Waals surface area contributed by atoms with Gasteiger partial charge in [-0.2, -0.15) is 11.3 Å². The van der Waals surface area contributed by atoms with Crippen molar-refractivity contribution in [3.63, 3.8) is 0 Å². The van der Waals surface area contributed by atoms with Crippen LogP contribution in [0.25, 0.3) is 0 Å². The fourth-order valence-corrected chi connectivity index (χ4v) is 3.79. The highest BCUT2D eigenvalue weighted by molar-refractivity contribution is 7.13. The molecule has 0 spiro atoms. The van der Waals surface area contributed by atoms with E-state index < -0.39 is 16.5 Å². The van der Waals surface area contributed by atoms with Crippen LogP contribution in [-0.4, -0.2) is 21.8 Å². The van der Waals surface area contributed by atoms with Crippen LogP contribution in [0.1, 0.15) is 18.1 Å². The molecule has 3 heterocycles. The smallest absolute Gasteiger partial charge is 0.319 e. The van der Waals surface area contributed by atoms with Crippen LogP contribution in [0.4, 0.5) is 9.80 Å². The summed E-state index contributed by atoms with van der Waals surface area (Å²) in [7, 11) is 0. The third-order valence-electron chi connectivity index (χ3n) is 3.53. The standard InChI is InChI=1S/C13H11N3O4S2/c1-13(9-2-3-21-7-9)11(17)15(12(18)14-13)5-8-4-10(16(19)20)22-6-8/h2-4,6-7H,5H2,1H3,(H,14,18). The summed E-state index contributed by atoms with van der Waals surface area (Å²) in [6.07, 6.45) is 0. The fraction of sp³-hybridized carbons (Fsp3) is 0.231. The zero-order valence-corrected chi connectivity index (χ0v) is 13.1. The van der Waals surface area contributed by atoms with E-state index in [2.05, 4.69) is 5.32 Å². The Hall–Kier alpha value is -2.26. The molecule has 9 heteroatoms. The molecule has 0 aliphatic carbocycles. The second-order valence-electron chi connectivity index (χ2n) is 5.01. The highest BCUT2D eigenvalue weighted by atomic mass is 32.1. The Labute approximate surface area is 133 Å². The third-order valence-corrected chi connectivity index (χ3v) is 5.15. The number of carbonyl (C=O) groups is 2. The van der Waals surface area contributed by atoms with E-state index in [4.69, 9.17) is 0 Å². The van der Waals surface area contributed by atoms with Gasteiger partial charge >= 0.3 is 11.0 Å². The predicted molar refractivity (Wildman–Crippen MR) is 81.7 cm³/mol. The summed E-state index contributed by atoms with van der Waals surface area (Å²) in [6, 6.07) is 2.68. The summed E-state index contributed by atoms with van der Waals surface area (Å²) in [4.78, 5) is 36.0. The summed E-state index contributed by atoms with van der Waals surface area (Å²) in [5.41, 5.74) is 0.211. The Morgan fingerprint density at radius 3 is 2.77 bits per heavy atom. The van der Waals surface area contributed by atoms with Crippen LogP contribution >= 0.6 is 22.7 Å². The maximum Gasteiger partial charge on any atom is 0.325 e. The van der Waals surface area contributed by atoms with E-state index in [1.54, 1.807) is 18.4 Å². The molecule has 1 unspecified atom stereocenters. The van der Waals surface area contributed by atoms with E-state index in [0.717, 1.165) is 21.8 Å². The van der Waals surface area contributed by atoms with E-state index in [1.807, 2.05) is 10.8 Å². The molecular formula is C13H11N3O4S2. The van der Waals surface area contributed by atoms with Crippen LogP contribution in [0.2, 0.25) is 0 Å². The minimum absolute atomic E-state index is 0.0114. The number of nitrogens with one attached hydrogen (secondary N) is 1. The van der Waals surface area contributed by atoms with E-state index >= 15 is 0 Å². The first-order valence-electron chi connectivity index (χ1n) is 6.30. The number of hydrogen-bond acceptors (Lipinski definition) is 6. The number of hydrogen-bond donors (Lipinski definition) is 1. The number of amides is 3. The molecule has 0 aromatic carbocycles. The molecule has 2 aromatic heterocycles. The monoisotopic (exact) mass is 337 g/mol. The fourth-order valence-electron chi connectivity index (χ4n) is 2.31. The van der Waals surface area contributed by atoms with Crippen molar-refractivity contribution < 1.29 is 14.5 Å². The van der Waals surface area contributed by atoms with Crippen LogP contribution in [-0.2, 0) is 16.9 Å². The Morgan fingerprint density at radius 2 is 2.18 bits per heavy atom. The molecule has 0 bridgehead atoms. The minimum Gasteiger partial charge on any atom is -0.319 e. The van der Waals surface area contributed by atoms with Crippen LogP contribution in [0, 0.1) is 10.1 Å². The van der Waals surface area contributed by atoms with Crippen LogP contribution in [0.15, 0.2) is 28.3 Å². The van der Waals surface area contributed by atoms with Gasteiger partial charge in [0.2, 0.25) is 0 Å². The molecule has 0 radical (unpaired) electrons.